The van der Waals surface area contributed by atoms with Gasteiger partial charge in [0.1, 0.15) is 12.1 Å². The average Bonchev–Trinajstić information content (AvgIpc) is 2.51. The van der Waals surface area contributed by atoms with Crippen molar-refractivity contribution < 1.29 is 19.5 Å². The van der Waals surface area contributed by atoms with Crippen molar-refractivity contribution in [3.05, 3.63) is 0 Å². The zero-order valence-electron chi connectivity index (χ0n) is 16.5. The van der Waals surface area contributed by atoms with E-state index in [1.54, 1.807) is 0 Å². The maximum atomic E-state index is 12.6. The van der Waals surface area contributed by atoms with Gasteiger partial charge in [-0.3, -0.25) is 9.59 Å². The van der Waals surface area contributed by atoms with Crippen molar-refractivity contribution in [3.8, 4) is 0 Å². The molecule has 0 radical (unpaired) electrons. The molecular weight excluding hydrogens is 336 g/mol. The molecule has 0 unspecified atom stereocenters. The molecule has 0 aliphatic heterocycles. The van der Waals surface area contributed by atoms with Crippen molar-refractivity contribution in [3.63, 3.8) is 0 Å². The summed E-state index contributed by atoms with van der Waals surface area (Å²) in [4.78, 5) is 36.2. The lowest BCUT2D eigenvalue weighted by molar-refractivity contribution is -0.142. The molecule has 0 spiro atoms. The Kier molecular flexibility index (Phi) is 11.8. The summed E-state index contributed by atoms with van der Waals surface area (Å²) in [5, 5.41) is 14.5. The molecule has 0 aromatic rings. The molecule has 0 saturated carbocycles. The van der Waals surface area contributed by atoms with E-state index in [0.717, 1.165) is 0 Å². The van der Waals surface area contributed by atoms with Crippen LogP contribution in [-0.4, -0.2) is 47.6 Å². The molecule has 8 nitrogen and oxygen atoms in total. The van der Waals surface area contributed by atoms with Gasteiger partial charge in [0.2, 0.25) is 11.8 Å². The molecule has 0 aromatic carbocycles. The highest BCUT2D eigenvalue weighted by atomic mass is 16.4. The zero-order valence-corrected chi connectivity index (χ0v) is 16.5. The van der Waals surface area contributed by atoms with E-state index in [4.69, 9.17) is 11.5 Å². The van der Waals surface area contributed by atoms with Gasteiger partial charge in [0.15, 0.2) is 0 Å². The number of aliphatic carboxylic acids is 1. The van der Waals surface area contributed by atoms with Crippen molar-refractivity contribution in [2.45, 2.75) is 77.9 Å². The quantitative estimate of drug-likeness (QED) is 0.299. The van der Waals surface area contributed by atoms with Crippen LogP contribution in [0.3, 0.4) is 0 Å². The number of hydrogen-bond acceptors (Lipinski definition) is 5. The van der Waals surface area contributed by atoms with Crippen LogP contribution in [0.1, 0.15) is 59.8 Å². The predicted molar refractivity (Wildman–Crippen MR) is 101 cm³/mol. The van der Waals surface area contributed by atoms with Gasteiger partial charge in [-0.15, -0.1) is 0 Å². The smallest absolute Gasteiger partial charge is 0.326 e. The summed E-state index contributed by atoms with van der Waals surface area (Å²) >= 11 is 0. The summed E-state index contributed by atoms with van der Waals surface area (Å²) in [6.45, 7) is 8.17. The molecule has 0 heterocycles. The number of unbranched alkanes of at least 4 members (excludes halogenated alkanes) is 1. The lowest BCUT2D eigenvalue weighted by atomic mass is 10.0. The number of carbonyl (C=O) groups excluding carboxylic acids is 2. The maximum Gasteiger partial charge on any atom is 0.326 e. The number of rotatable bonds is 13. The highest BCUT2D eigenvalue weighted by Gasteiger charge is 2.28. The molecule has 0 bridgehead atoms. The summed E-state index contributed by atoms with van der Waals surface area (Å²) in [5.74, 6) is -1.62. The van der Waals surface area contributed by atoms with Crippen LogP contribution in [-0.2, 0) is 14.4 Å². The Morgan fingerprint density at radius 2 is 1.42 bits per heavy atom. The largest absolute Gasteiger partial charge is 0.480 e. The minimum Gasteiger partial charge on any atom is -0.480 e. The Morgan fingerprint density at radius 1 is 0.885 bits per heavy atom. The van der Waals surface area contributed by atoms with Gasteiger partial charge in [0.25, 0.3) is 0 Å². The molecule has 0 aromatic heterocycles. The van der Waals surface area contributed by atoms with Crippen LogP contribution >= 0.6 is 0 Å². The third kappa shape index (κ3) is 10.4. The van der Waals surface area contributed by atoms with Crippen LogP contribution in [0.5, 0.6) is 0 Å². The molecule has 152 valence electrons. The van der Waals surface area contributed by atoms with E-state index in [-0.39, 0.29) is 11.8 Å². The van der Waals surface area contributed by atoms with Crippen LogP contribution < -0.4 is 22.1 Å². The molecular formula is C18H36N4O4. The van der Waals surface area contributed by atoms with Gasteiger partial charge in [-0.1, -0.05) is 27.7 Å². The van der Waals surface area contributed by atoms with Crippen molar-refractivity contribution in [2.24, 2.45) is 23.3 Å². The maximum absolute atomic E-state index is 12.6. The SMILES string of the molecule is CC(C)C[C@H](NC(=O)[C@H](CCCCN)NC(=O)[C@@H](N)CC(C)C)C(=O)O. The normalized spacial score (nSPS) is 14.8. The molecule has 0 aliphatic carbocycles. The van der Waals surface area contributed by atoms with Gasteiger partial charge in [0.05, 0.1) is 6.04 Å². The predicted octanol–water partition coefficient (Wildman–Crippen LogP) is 0.589. The van der Waals surface area contributed by atoms with Crippen LogP contribution in [0, 0.1) is 11.8 Å². The summed E-state index contributed by atoms with van der Waals surface area (Å²) < 4.78 is 0. The third-order valence-corrected chi connectivity index (χ3v) is 3.96. The number of nitrogens with one attached hydrogen (secondary N) is 2. The number of carboxylic acid groups (broad SMARTS) is 1. The van der Waals surface area contributed by atoms with Gasteiger partial charge in [-0.2, -0.15) is 0 Å². The molecule has 7 N–H and O–H groups in total. The second kappa shape index (κ2) is 12.6. The van der Waals surface area contributed by atoms with E-state index in [1.165, 1.54) is 0 Å². The molecule has 0 aliphatic rings. The third-order valence-electron chi connectivity index (χ3n) is 3.96. The Balaban J connectivity index is 4.99. The Morgan fingerprint density at radius 3 is 1.88 bits per heavy atom. The van der Waals surface area contributed by atoms with Crippen molar-refractivity contribution >= 4 is 17.8 Å². The topological polar surface area (TPSA) is 148 Å². The van der Waals surface area contributed by atoms with Gasteiger partial charge >= 0.3 is 5.97 Å². The fourth-order valence-corrected chi connectivity index (χ4v) is 2.62. The van der Waals surface area contributed by atoms with Crippen LogP contribution in [0.15, 0.2) is 0 Å². The van der Waals surface area contributed by atoms with Crippen molar-refractivity contribution in [2.75, 3.05) is 6.54 Å². The lowest BCUT2D eigenvalue weighted by Crippen LogP contribution is -2.54. The van der Waals surface area contributed by atoms with Gasteiger partial charge in [-0.05, 0) is 50.5 Å². The van der Waals surface area contributed by atoms with Crippen molar-refractivity contribution in [1.29, 1.82) is 0 Å². The number of carboxylic acids is 1. The van der Waals surface area contributed by atoms with E-state index in [1.807, 2.05) is 27.7 Å². The molecule has 2 amide bonds. The first-order chi connectivity index (χ1) is 12.1. The minimum atomic E-state index is -1.09. The Labute approximate surface area is 156 Å². The molecule has 26 heavy (non-hydrogen) atoms. The van der Waals surface area contributed by atoms with Gasteiger partial charge in [-0.25, -0.2) is 4.79 Å². The first-order valence-corrected chi connectivity index (χ1v) is 9.37. The molecule has 0 fully saturated rings. The first kappa shape index (κ1) is 24.3. The number of carbonyl (C=O) groups is 3. The fraction of sp³-hybridized carbons (Fsp3) is 0.833. The van der Waals surface area contributed by atoms with E-state index in [9.17, 15) is 19.5 Å². The summed E-state index contributed by atoms with van der Waals surface area (Å²) in [6.07, 6.45) is 2.57. The number of amides is 2. The average molecular weight is 373 g/mol. The summed E-state index contributed by atoms with van der Waals surface area (Å²) in [5.41, 5.74) is 11.4. The highest BCUT2D eigenvalue weighted by Crippen LogP contribution is 2.08. The molecule has 3 atom stereocenters. The fourth-order valence-electron chi connectivity index (χ4n) is 2.62. The lowest BCUT2D eigenvalue weighted by Gasteiger charge is -2.24. The minimum absolute atomic E-state index is 0.112. The first-order valence-electron chi connectivity index (χ1n) is 9.37. The highest BCUT2D eigenvalue weighted by molar-refractivity contribution is 5.91. The second-order valence-electron chi connectivity index (χ2n) is 7.61. The molecule has 0 saturated heterocycles. The number of nitrogens with two attached hydrogens (primary N) is 2. The molecule has 0 rings (SSSR count). The Hall–Kier alpha value is -1.67. The van der Waals surface area contributed by atoms with Crippen molar-refractivity contribution in [1.82, 2.24) is 10.6 Å². The van der Waals surface area contributed by atoms with E-state index in [0.29, 0.717) is 38.6 Å². The van der Waals surface area contributed by atoms with Crippen LogP contribution in [0.4, 0.5) is 0 Å². The monoisotopic (exact) mass is 372 g/mol. The standard InChI is InChI=1S/C18H36N4O4/c1-11(2)9-13(20)16(23)21-14(7-5-6-8-19)17(24)22-15(18(25)26)10-12(3)4/h11-15H,5-10,19-20H2,1-4H3,(H,21,23)(H,22,24)(H,25,26)/t13-,14-,15-/m0/s1. The summed E-state index contributed by atoms with van der Waals surface area (Å²) in [7, 11) is 0. The van der Waals surface area contributed by atoms with Gasteiger partial charge in [0, 0.05) is 0 Å². The zero-order chi connectivity index (χ0) is 20.3. The van der Waals surface area contributed by atoms with Crippen LogP contribution in [0.2, 0.25) is 0 Å². The van der Waals surface area contributed by atoms with E-state index >= 15 is 0 Å². The molecule has 8 heteroatoms. The number of hydrogen-bond donors (Lipinski definition) is 5. The van der Waals surface area contributed by atoms with Crippen LogP contribution in [0.25, 0.3) is 0 Å². The Bertz CT molecular complexity index is 454. The summed E-state index contributed by atoms with van der Waals surface area (Å²) in [6, 6.07) is -2.51. The van der Waals surface area contributed by atoms with Gasteiger partial charge < -0.3 is 27.2 Å². The second-order valence-corrected chi connectivity index (χ2v) is 7.61. The van der Waals surface area contributed by atoms with E-state index in [2.05, 4.69) is 10.6 Å². The van der Waals surface area contributed by atoms with E-state index < -0.39 is 35.9 Å².